The molecule has 5 heterocycles. The number of anilines is 1. The molecule has 16 heteroatoms. The average molecular weight is 535 g/mol. The zero-order valence-electron chi connectivity index (χ0n) is 18.7. The number of fused-ring (bicyclic) bond motifs is 1. The Kier molecular flexibility index (Phi) is 6.40. The maximum absolute atomic E-state index is 12.9. The van der Waals surface area contributed by atoms with E-state index in [4.69, 9.17) is 5.73 Å². The molecule has 36 heavy (non-hydrogen) atoms. The standard InChI is InChI=1S/C20H22N8O6S2/c21-20-24-14(26-36-20)11(25-34)15(29)23-12-17(31)28-13(19(32)33)9(7-35-18(12)28)5-8-2-4-27(16(8)30)10-1-3-22-6-10/h5,10,12,18,22,34H,1-4,6-7H2,(H,23,29)(H,32,33)(H2,21,24,26)/b8-5+,25-11-/t10-,12-,18?/m1/s1. The number of aromatic nitrogens is 2. The van der Waals surface area contributed by atoms with Gasteiger partial charge in [0.05, 0.1) is 0 Å². The van der Waals surface area contributed by atoms with E-state index in [0.29, 0.717) is 24.1 Å². The number of likely N-dealkylation sites (tertiary alicyclic amines) is 1. The quantitative estimate of drug-likeness (QED) is 0.0939. The summed E-state index contributed by atoms with van der Waals surface area (Å²) < 4.78 is 3.82. The van der Waals surface area contributed by atoms with Crippen molar-refractivity contribution in [2.45, 2.75) is 30.3 Å². The predicted molar refractivity (Wildman–Crippen MR) is 128 cm³/mol. The number of nitrogens with two attached hydrogens (primary N) is 1. The minimum atomic E-state index is -1.30. The number of amides is 3. The van der Waals surface area contributed by atoms with Crippen LogP contribution in [-0.4, -0.2) is 102 Å². The van der Waals surface area contributed by atoms with Crippen LogP contribution >= 0.6 is 23.3 Å². The van der Waals surface area contributed by atoms with Gasteiger partial charge in [-0.1, -0.05) is 5.16 Å². The molecule has 3 atom stereocenters. The summed E-state index contributed by atoms with van der Waals surface area (Å²) in [4.78, 5) is 57.3. The molecule has 4 aliphatic heterocycles. The molecular formula is C20H22N8O6S2. The van der Waals surface area contributed by atoms with Crippen LogP contribution in [0.1, 0.15) is 18.7 Å². The number of hydrogen-bond donors (Lipinski definition) is 5. The highest BCUT2D eigenvalue weighted by molar-refractivity contribution is 8.00. The van der Waals surface area contributed by atoms with E-state index in [9.17, 15) is 29.5 Å². The van der Waals surface area contributed by atoms with Gasteiger partial charge in [0.2, 0.25) is 17.4 Å². The lowest BCUT2D eigenvalue weighted by Gasteiger charge is -2.49. The number of thioether (sulfide) groups is 1. The molecule has 4 aliphatic rings. The fourth-order valence-electron chi connectivity index (χ4n) is 4.72. The van der Waals surface area contributed by atoms with Crippen LogP contribution in [0, 0.1) is 0 Å². The van der Waals surface area contributed by atoms with Crippen molar-refractivity contribution >= 4 is 57.8 Å². The molecule has 14 nitrogen and oxygen atoms in total. The van der Waals surface area contributed by atoms with Gasteiger partial charge in [-0.25, -0.2) is 4.79 Å². The second-order valence-electron chi connectivity index (χ2n) is 8.51. The summed E-state index contributed by atoms with van der Waals surface area (Å²) in [6.07, 6.45) is 2.97. The van der Waals surface area contributed by atoms with E-state index < -0.39 is 34.9 Å². The highest BCUT2D eigenvalue weighted by Crippen LogP contribution is 2.41. The molecule has 0 spiro atoms. The Bertz CT molecular complexity index is 1240. The van der Waals surface area contributed by atoms with E-state index in [-0.39, 0.29) is 34.4 Å². The molecule has 6 N–H and O–H groups in total. The monoisotopic (exact) mass is 534 g/mol. The maximum atomic E-state index is 12.9. The van der Waals surface area contributed by atoms with Crippen LogP contribution < -0.4 is 16.4 Å². The van der Waals surface area contributed by atoms with Gasteiger partial charge in [-0.05, 0) is 31.0 Å². The number of rotatable bonds is 6. The third-order valence-electron chi connectivity index (χ3n) is 6.44. The molecule has 1 aromatic heterocycles. The Hall–Kier alpha value is -3.50. The lowest BCUT2D eigenvalue weighted by Crippen LogP contribution is -2.71. The van der Waals surface area contributed by atoms with Crippen LogP contribution in [0.2, 0.25) is 0 Å². The Labute approximate surface area is 212 Å². The van der Waals surface area contributed by atoms with E-state index in [0.717, 1.165) is 35.9 Å². The number of carboxylic acid groups (broad SMARTS) is 1. The molecule has 0 aliphatic carbocycles. The fraction of sp³-hybridized carbons (Fsp3) is 0.450. The Morgan fingerprint density at radius 1 is 1.33 bits per heavy atom. The first-order valence-corrected chi connectivity index (χ1v) is 12.9. The van der Waals surface area contributed by atoms with E-state index in [2.05, 4.69) is 25.1 Å². The number of β-lactam (4-membered cyclic amide) rings is 1. The zero-order chi connectivity index (χ0) is 25.6. The van der Waals surface area contributed by atoms with Crippen molar-refractivity contribution < 1.29 is 29.5 Å². The molecule has 0 aromatic carbocycles. The smallest absolute Gasteiger partial charge is 0.352 e. The topological polar surface area (TPSA) is 203 Å². The van der Waals surface area contributed by atoms with Gasteiger partial charge in [-0.15, -0.1) is 11.8 Å². The van der Waals surface area contributed by atoms with Crippen molar-refractivity contribution in [3.05, 3.63) is 28.7 Å². The van der Waals surface area contributed by atoms with Crippen LogP contribution in [0.15, 0.2) is 28.1 Å². The lowest BCUT2D eigenvalue weighted by molar-refractivity contribution is -0.150. The molecule has 1 aromatic rings. The third kappa shape index (κ3) is 4.10. The summed E-state index contributed by atoms with van der Waals surface area (Å²) in [5.74, 6) is -2.90. The number of aliphatic carboxylic acids is 1. The van der Waals surface area contributed by atoms with Gasteiger partial charge in [-0.3, -0.25) is 19.3 Å². The van der Waals surface area contributed by atoms with E-state index in [1.807, 2.05) is 4.90 Å². The Morgan fingerprint density at radius 3 is 2.78 bits per heavy atom. The zero-order valence-corrected chi connectivity index (χ0v) is 20.3. The number of carboxylic acids is 1. The summed E-state index contributed by atoms with van der Waals surface area (Å²) in [7, 11) is 0. The second-order valence-corrected chi connectivity index (χ2v) is 10.4. The molecule has 190 valence electrons. The largest absolute Gasteiger partial charge is 0.477 e. The number of oxime groups is 1. The van der Waals surface area contributed by atoms with Crippen LogP contribution in [-0.2, 0) is 19.2 Å². The second kappa shape index (κ2) is 9.51. The summed E-state index contributed by atoms with van der Waals surface area (Å²) in [5.41, 5.74) is 5.67. The average Bonchev–Trinajstić information content (AvgIpc) is 3.60. The molecule has 3 saturated heterocycles. The summed E-state index contributed by atoms with van der Waals surface area (Å²) in [5, 5.41) is 27.1. The molecule has 0 radical (unpaired) electrons. The number of carbonyl (C=O) groups excluding carboxylic acids is 3. The minimum absolute atomic E-state index is 0.0642. The lowest BCUT2D eigenvalue weighted by atomic mass is 10.0. The Balaban J connectivity index is 1.33. The number of carbonyl (C=O) groups is 4. The first-order valence-electron chi connectivity index (χ1n) is 11.1. The highest BCUT2D eigenvalue weighted by atomic mass is 32.2. The molecule has 0 bridgehead atoms. The molecule has 0 saturated carbocycles. The number of nitrogens with zero attached hydrogens (tertiary/aromatic N) is 5. The molecule has 3 fully saturated rings. The minimum Gasteiger partial charge on any atom is -0.477 e. The fourth-order valence-corrected chi connectivity index (χ4v) is 6.46. The third-order valence-corrected chi connectivity index (χ3v) is 8.28. The van der Waals surface area contributed by atoms with Crippen molar-refractivity contribution in [2.24, 2.45) is 5.16 Å². The van der Waals surface area contributed by atoms with Crippen molar-refractivity contribution in [3.8, 4) is 0 Å². The van der Waals surface area contributed by atoms with Gasteiger partial charge >= 0.3 is 5.97 Å². The van der Waals surface area contributed by atoms with Gasteiger partial charge in [0, 0.05) is 42.0 Å². The van der Waals surface area contributed by atoms with Gasteiger partial charge in [0.15, 0.2) is 5.13 Å². The van der Waals surface area contributed by atoms with Crippen molar-refractivity contribution in [1.29, 1.82) is 0 Å². The molecular weight excluding hydrogens is 512 g/mol. The van der Waals surface area contributed by atoms with E-state index >= 15 is 0 Å². The van der Waals surface area contributed by atoms with Crippen molar-refractivity contribution in [1.82, 2.24) is 29.8 Å². The predicted octanol–water partition coefficient (Wildman–Crippen LogP) is -1.44. The van der Waals surface area contributed by atoms with Crippen LogP contribution in [0.3, 0.4) is 0 Å². The van der Waals surface area contributed by atoms with Crippen LogP contribution in [0.25, 0.3) is 0 Å². The number of nitrogens with one attached hydrogen (secondary N) is 2. The van der Waals surface area contributed by atoms with E-state index in [1.54, 1.807) is 6.08 Å². The summed E-state index contributed by atoms with van der Waals surface area (Å²) in [6, 6.07) is -0.914. The van der Waals surface area contributed by atoms with Crippen molar-refractivity contribution in [3.63, 3.8) is 0 Å². The maximum Gasteiger partial charge on any atom is 0.352 e. The Morgan fingerprint density at radius 2 is 2.14 bits per heavy atom. The van der Waals surface area contributed by atoms with Gasteiger partial charge in [0.1, 0.15) is 17.1 Å². The first kappa shape index (κ1) is 24.2. The van der Waals surface area contributed by atoms with Crippen LogP contribution in [0.5, 0.6) is 0 Å². The normalized spacial score (nSPS) is 27.5. The molecule has 5 rings (SSSR count). The highest BCUT2D eigenvalue weighted by Gasteiger charge is 2.54. The summed E-state index contributed by atoms with van der Waals surface area (Å²) in [6.45, 7) is 2.17. The van der Waals surface area contributed by atoms with Gasteiger partial charge in [-0.2, -0.15) is 9.36 Å². The number of nitrogen functional groups attached to an aromatic ring is 1. The van der Waals surface area contributed by atoms with Gasteiger partial charge < -0.3 is 31.6 Å². The molecule has 1 unspecified atom stereocenters. The van der Waals surface area contributed by atoms with E-state index in [1.165, 1.54) is 11.8 Å². The van der Waals surface area contributed by atoms with Gasteiger partial charge in [0.25, 0.3) is 11.8 Å². The van der Waals surface area contributed by atoms with Crippen LogP contribution in [0.4, 0.5) is 5.13 Å². The van der Waals surface area contributed by atoms with Crippen molar-refractivity contribution in [2.75, 3.05) is 31.1 Å². The molecule has 3 amide bonds. The number of hydrogen-bond acceptors (Lipinski definition) is 12. The first-order chi connectivity index (χ1) is 17.3. The number of allylic oxidation sites excluding steroid dienone is 1. The SMILES string of the molecule is Nc1nc(/C(=N/O)C(=O)N[C@@H]2C(=O)N3C(C(=O)O)=C(/C=C4\CCN([C@@H]5CCNC5)C4=O)CSC23)ns1. The summed E-state index contributed by atoms with van der Waals surface area (Å²) >= 11 is 2.07.